The summed E-state index contributed by atoms with van der Waals surface area (Å²) in [7, 11) is 1.63. The number of hydrogen-bond acceptors (Lipinski definition) is 3. The van der Waals surface area contributed by atoms with E-state index in [2.05, 4.69) is 17.1 Å². The summed E-state index contributed by atoms with van der Waals surface area (Å²) in [4.78, 5) is 30.0. The van der Waals surface area contributed by atoms with Crippen molar-refractivity contribution in [3.8, 4) is 0 Å². The molecule has 0 bridgehead atoms. The Bertz CT molecular complexity index is 1110. The monoisotopic (exact) mass is 351 g/mol. The molecule has 0 spiro atoms. The van der Waals surface area contributed by atoms with Crippen LogP contribution < -0.4 is 5.56 Å². The van der Waals surface area contributed by atoms with E-state index < -0.39 is 0 Å². The molecule has 5 nitrogen and oxygen atoms in total. The average molecular weight is 351 g/mol. The van der Waals surface area contributed by atoms with Crippen LogP contribution in [-0.2, 0) is 20.0 Å². The normalized spacial score (nSPS) is 13.7. The molecule has 1 N–H and O–H groups in total. The average Bonchev–Trinajstić information content (AvgIpc) is 2.65. The first-order chi connectivity index (χ1) is 12.0. The molecule has 0 saturated heterocycles. The minimum Gasteiger partial charge on any atom is -0.334 e. The maximum atomic E-state index is 12.9. The van der Waals surface area contributed by atoms with E-state index in [9.17, 15) is 9.59 Å². The molecular weight excluding hydrogens is 334 g/mol. The lowest BCUT2D eigenvalue weighted by Gasteiger charge is -2.29. The summed E-state index contributed by atoms with van der Waals surface area (Å²) in [6.07, 6.45) is 0.860. The molecule has 1 aliphatic rings. The van der Waals surface area contributed by atoms with Crippen LogP contribution in [0.4, 0.5) is 0 Å². The van der Waals surface area contributed by atoms with Crippen LogP contribution in [0.2, 0.25) is 0 Å². The van der Waals surface area contributed by atoms with Crippen LogP contribution in [0.1, 0.15) is 21.5 Å². The van der Waals surface area contributed by atoms with Crippen molar-refractivity contribution in [1.82, 2.24) is 14.5 Å². The van der Waals surface area contributed by atoms with Crippen LogP contribution in [-0.4, -0.2) is 26.9 Å². The second kappa shape index (κ2) is 5.97. The maximum absolute atomic E-state index is 12.9. The van der Waals surface area contributed by atoms with Crippen LogP contribution in [0.5, 0.6) is 0 Å². The highest BCUT2D eigenvalue weighted by Gasteiger charge is 2.22. The fraction of sp³-hybridized carbons (Fsp3) is 0.211. The number of benzene rings is 2. The highest BCUT2D eigenvalue weighted by atomic mass is 32.1. The van der Waals surface area contributed by atoms with Crippen molar-refractivity contribution < 1.29 is 4.79 Å². The molecule has 25 heavy (non-hydrogen) atoms. The number of fused-ring (bicyclic) bond motifs is 2. The molecule has 1 aromatic heterocycles. The standard InChI is InChI=1S/C19H17N3O2S/c1-21-18(24)15-7-6-13(10-16(15)20-19(21)25)17(23)22-9-8-12-4-2-3-5-14(12)11-22/h2-7,10H,8-9,11H2,1H3,(H,20,25). The Morgan fingerprint density at radius 3 is 2.72 bits per heavy atom. The van der Waals surface area contributed by atoms with Crippen LogP contribution in [0, 0.1) is 4.77 Å². The number of aromatic nitrogens is 2. The molecule has 0 aliphatic carbocycles. The summed E-state index contributed by atoms with van der Waals surface area (Å²) in [5, 5.41) is 0.525. The van der Waals surface area contributed by atoms with Gasteiger partial charge in [-0.15, -0.1) is 0 Å². The number of H-pyrrole nitrogens is 1. The highest BCUT2D eigenvalue weighted by molar-refractivity contribution is 7.71. The summed E-state index contributed by atoms with van der Waals surface area (Å²) in [5.74, 6) is -0.0311. The van der Waals surface area contributed by atoms with Crippen molar-refractivity contribution in [2.24, 2.45) is 7.05 Å². The van der Waals surface area contributed by atoms with Gasteiger partial charge < -0.3 is 9.88 Å². The zero-order valence-electron chi connectivity index (χ0n) is 13.8. The summed E-state index contributed by atoms with van der Waals surface area (Å²) in [6.45, 7) is 1.31. The number of amides is 1. The summed E-state index contributed by atoms with van der Waals surface area (Å²) >= 11 is 5.16. The molecule has 126 valence electrons. The fourth-order valence-corrected chi connectivity index (χ4v) is 3.48. The third kappa shape index (κ3) is 2.68. The Morgan fingerprint density at radius 1 is 1.16 bits per heavy atom. The van der Waals surface area contributed by atoms with Crippen LogP contribution >= 0.6 is 12.2 Å². The molecule has 3 aromatic rings. The van der Waals surface area contributed by atoms with Gasteiger partial charge >= 0.3 is 0 Å². The second-order valence-corrected chi connectivity index (χ2v) is 6.69. The van der Waals surface area contributed by atoms with Crippen LogP contribution in [0.15, 0.2) is 47.3 Å². The Balaban J connectivity index is 1.70. The van der Waals surface area contributed by atoms with E-state index in [1.165, 1.54) is 15.7 Å². The van der Waals surface area contributed by atoms with E-state index in [4.69, 9.17) is 12.2 Å². The van der Waals surface area contributed by atoms with E-state index >= 15 is 0 Å². The smallest absolute Gasteiger partial charge is 0.261 e. The van der Waals surface area contributed by atoms with Gasteiger partial charge in [0.25, 0.3) is 11.5 Å². The predicted molar refractivity (Wildman–Crippen MR) is 99.3 cm³/mol. The summed E-state index contributed by atoms with van der Waals surface area (Å²) in [5.41, 5.74) is 3.49. The van der Waals surface area contributed by atoms with Crippen molar-refractivity contribution in [2.45, 2.75) is 13.0 Å². The number of carbonyl (C=O) groups is 1. The molecule has 0 radical (unpaired) electrons. The Labute approximate surface area is 149 Å². The van der Waals surface area contributed by atoms with Crippen LogP contribution in [0.3, 0.4) is 0 Å². The van der Waals surface area contributed by atoms with Crippen molar-refractivity contribution in [2.75, 3.05) is 6.54 Å². The fourth-order valence-electron chi connectivity index (χ4n) is 3.29. The van der Waals surface area contributed by atoms with Gasteiger partial charge in [0.1, 0.15) is 0 Å². The Kier molecular flexibility index (Phi) is 3.77. The van der Waals surface area contributed by atoms with Crippen molar-refractivity contribution in [3.63, 3.8) is 0 Å². The SMILES string of the molecule is Cn1c(=S)[nH]c2cc(C(=O)N3CCc4ccccc4C3)ccc2c1=O. The van der Waals surface area contributed by atoms with Gasteiger partial charge in [0, 0.05) is 25.7 Å². The van der Waals surface area contributed by atoms with Gasteiger partial charge in [0.05, 0.1) is 10.9 Å². The molecule has 1 aliphatic heterocycles. The number of rotatable bonds is 1. The largest absolute Gasteiger partial charge is 0.334 e. The third-order valence-corrected chi connectivity index (χ3v) is 5.14. The van der Waals surface area contributed by atoms with Crippen molar-refractivity contribution in [1.29, 1.82) is 0 Å². The quantitative estimate of drug-likeness (QED) is 0.686. The molecule has 4 rings (SSSR count). The van der Waals surface area contributed by atoms with Gasteiger partial charge in [-0.05, 0) is 48.0 Å². The van der Waals surface area contributed by atoms with Gasteiger partial charge in [-0.1, -0.05) is 24.3 Å². The summed E-state index contributed by atoms with van der Waals surface area (Å²) in [6, 6.07) is 13.3. The molecule has 0 saturated carbocycles. The van der Waals surface area contributed by atoms with E-state index in [1.54, 1.807) is 25.2 Å². The zero-order valence-corrected chi connectivity index (χ0v) is 14.6. The van der Waals surface area contributed by atoms with Crippen molar-refractivity contribution >= 4 is 29.0 Å². The molecule has 2 aromatic carbocycles. The van der Waals surface area contributed by atoms with Gasteiger partial charge in [-0.25, -0.2) is 0 Å². The lowest BCUT2D eigenvalue weighted by molar-refractivity contribution is 0.0735. The molecule has 2 heterocycles. The highest BCUT2D eigenvalue weighted by Crippen LogP contribution is 2.21. The number of carbonyl (C=O) groups excluding carboxylic acids is 1. The lowest BCUT2D eigenvalue weighted by Crippen LogP contribution is -2.36. The molecular formula is C19H17N3O2S. The number of nitrogens with zero attached hydrogens (tertiary/aromatic N) is 2. The molecule has 6 heteroatoms. The minimum atomic E-state index is -0.162. The lowest BCUT2D eigenvalue weighted by atomic mass is 9.99. The number of nitrogens with one attached hydrogen (secondary N) is 1. The predicted octanol–water partition coefficient (Wildman–Crippen LogP) is 2.79. The molecule has 0 unspecified atom stereocenters. The van der Waals surface area contributed by atoms with Gasteiger partial charge in [-0.3, -0.25) is 14.2 Å². The van der Waals surface area contributed by atoms with Gasteiger partial charge in [0.2, 0.25) is 0 Å². The van der Waals surface area contributed by atoms with Crippen LogP contribution in [0.25, 0.3) is 10.9 Å². The molecule has 0 fully saturated rings. The van der Waals surface area contributed by atoms with E-state index in [1.807, 2.05) is 17.0 Å². The van der Waals surface area contributed by atoms with Gasteiger partial charge in [0.15, 0.2) is 4.77 Å². The van der Waals surface area contributed by atoms with E-state index in [0.717, 1.165) is 6.42 Å². The first kappa shape index (κ1) is 15.8. The Hall–Kier alpha value is -2.73. The summed E-state index contributed by atoms with van der Waals surface area (Å²) < 4.78 is 1.73. The van der Waals surface area contributed by atoms with Gasteiger partial charge in [-0.2, -0.15) is 0 Å². The number of aromatic amines is 1. The zero-order chi connectivity index (χ0) is 17.6. The Morgan fingerprint density at radius 2 is 1.92 bits per heavy atom. The van der Waals surface area contributed by atoms with E-state index in [0.29, 0.717) is 34.3 Å². The molecule has 0 atom stereocenters. The molecule has 1 amide bonds. The first-order valence-electron chi connectivity index (χ1n) is 8.14. The third-order valence-electron chi connectivity index (χ3n) is 4.77. The first-order valence-corrected chi connectivity index (χ1v) is 8.54. The second-order valence-electron chi connectivity index (χ2n) is 6.30. The van der Waals surface area contributed by atoms with E-state index in [-0.39, 0.29) is 11.5 Å². The maximum Gasteiger partial charge on any atom is 0.261 e. The van der Waals surface area contributed by atoms with Crippen molar-refractivity contribution in [3.05, 3.63) is 74.3 Å². The topological polar surface area (TPSA) is 58.1 Å². The minimum absolute atomic E-state index is 0.0311. The number of hydrogen-bond donors (Lipinski definition) is 1.